The first kappa shape index (κ1) is 11.8. The van der Waals surface area contributed by atoms with Crippen molar-refractivity contribution in [2.45, 2.75) is 24.4 Å². The van der Waals surface area contributed by atoms with Crippen molar-refractivity contribution < 1.29 is 17.9 Å². The highest BCUT2D eigenvalue weighted by Gasteiger charge is 2.44. The maximum Gasteiger partial charge on any atom is 0.418 e. The highest BCUT2D eigenvalue weighted by atomic mass is 19.4. The van der Waals surface area contributed by atoms with Crippen molar-refractivity contribution in [1.82, 2.24) is 0 Å². The van der Waals surface area contributed by atoms with Crippen LogP contribution in [0.5, 0.6) is 0 Å². The zero-order valence-corrected chi connectivity index (χ0v) is 9.81. The van der Waals surface area contributed by atoms with Crippen LogP contribution in [0, 0.1) is 0 Å². The molecular formula is C13H14F3NO. The van der Waals surface area contributed by atoms with Crippen molar-refractivity contribution >= 4 is 5.69 Å². The number of para-hydroxylation sites is 1. The third-order valence-electron chi connectivity index (χ3n) is 3.99. The van der Waals surface area contributed by atoms with E-state index >= 15 is 0 Å². The van der Waals surface area contributed by atoms with Gasteiger partial charge in [0.05, 0.1) is 11.3 Å². The first-order valence-electron chi connectivity index (χ1n) is 6.05. The number of halogens is 3. The van der Waals surface area contributed by atoms with Gasteiger partial charge in [-0.2, -0.15) is 13.2 Å². The minimum Gasteiger partial charge on any atom is -0.383 e. The number of ether oxygens (including phenoxy) is 1. The fourth-order valence-corrected chi connectivity index (χ4v) is 2.98. The predicted molar refractivity (Wildman–Crippen MR) is 61.7 cm³/mol. The SMILES string of the molecule is FC(F)(F)c1cccc2c1NCC21CCOCC1. The van der Waals surface area contributed by atoms with Crippen LogP contribution in [0.15, 0.2) is 18.2 Å². The van der Waals surface area contributed by atoms with Crippen LogP contribution < -0.4 is 5.32 Å². The average molecular weight is 257 g/mol. The Balaban J connectivity index is 2.08. The molecule has 1 N–H and O–H groups in total. The molecule has 0 bridgehead atoms. The molecule has 1 aromatic carbocycles. The number of fused-ring (bicyclic) bond motifs is 2. The van der Waals surface area contributed by atoms with Gasteiger partial charge in [0.15, 0.2) is 0 Å². The number of alkyl halides is 3. The molecule has 3 rings (SSSR count). The fraction of sp³-hybridized carbons (Fsp3) is 0.538. The van der Waals surface area contributed by atoms with E-state index in [0.717, 1.165) is 24.5 Å². The second-order valence-electron chi connectivity index (χ2n) is 4.97. The number of rotatable bonds is 0. The Kier molecular flexibility index (Phi) is 2.55. The van der Waals surface area contributed by atoms with Gasteiger partial charge in [-0.15, -0.1) is 0 Å². The number of hydrogen-bond acceptors (Lipinski definition) is 2. The molecule has 98 valence electrons. The van der Waals surface area contributed by atoms with E-state index in [9.17, 15) is 13.2 Å². The van der Waals surface area contributed by atoms with Gasteiger partial charge >= 0.3 is 6.18 Å². The molecule has 1 spiro atoms. The second kappa shape index (κ2) is 3.88. The van der Waals surface area contributed by atoms with Crippen LogP contribution >= 0.6 is 0 Å². The quantitative estimate of drug-likeness (QED) is 0.770. The zero-order chi connectivity index (χ0) is 12.8. The van der Waals surface area contributed by atoms with Gasteiger partial charge in [0.2, 0.25) is 0 Å². The largest absolute Gasteiger partial charge is 0.418 e. The van der Waals surface area contributed by atoms with E-state index in [1.165, 1.54) is 6.07 Å². The standard InChI is InChI=1S/C13H14F3NO/c14-13(15,16)10-3-1-2-9-11(10)17-8-12(9)4-6-18-7-5-12/h1-3,17H,4-8H2. The van der Waals surface area contributed by atoms with Crippen molar-refractivity contribution in [1.29, 1.82) is 0 Å². The van der Waals surface area contributed by atoms with E-state index in [1.54, 1.807) is 0 Å². The van der Waals surface area contributed by atoms with Crippen molar-refractivity contribution in [3.8, 4) is 0 Å². The summed E-state index contributed by atoms with van der Waals surface area (Å²) in [5, 5.41) is 2.96. The molecular weight excluding hydrogens is 243 g/mol. The van der Waals surface area contributed by atoms with Crippen LogP contribution in [-0.2, 0) is 16.3 Å². The summed E-state index contributed by atoms with van der Waals surface area (Å²) in [6, 6.07) is 4.46. The van der Waals surface area contributed by atoms with Gasteiger partial charge in [-0.05, 0) is 24.5 Å². The van der Waals surface area contributed by atoms with Crippen LogP contribution in [0.1, 0.15) is 24.0 Å². The van der Waals surface area contributed by atoms with Crippen molar-refractivity contribution in [2.24, 2.45) is 0 Å². The van der Waals surface area contributed by atoms with Crippen LogP contribution in [0.25, 0.3) is 0 Å². The molecule has 0 amide bonds. The third-order valence-corrected chi connectivity index (χ3v) is 3.99. The Morgan fingerprint density at radius 2 is 1.89 bits per heavy atom. The predicted octanol–water partition coefficient (Wildman–Crippen LogP) is 3.18. The van der Waals surface area contributed by atoms with E-state index < -0.39 is 11.7 Å². The van der Waals surface area contributed by atoms with Crippen molar-refractivity contribution in [3.05, 3.63) is 29.3 Å². The number of hydrogen-bond donors (Lipinski definition) is 1. The third kappa shape index (κ3) is 1.68. The topological polar surface area (TPSA) is 21.3 Å². The maximum absolute atomic E-state index is 12.9. The summed E-state index contributed by atoms with van der Waals surface area (Å²) in [6.07, 6.45) is -2.72. The Morgan fingerprint density at radius 3 is 2.56 bits per heavy atom. The molecule has 0 radical (unpaired) electrons. The summed E-state index contributed by atoms with van der Waals surface area (Å²) in [5.41, 5.74) is 0.352. The summed E-state index contributed by atoms with van der Waals surface area (Å²) < 4.78 is 44.1. The first-order valence-corrected chi connectivity index (χ1v) is 6.05. The zero-order valence-electron chi connectivity index (χ0n) is 9.81. The molecule has 0 aromatic heterocycles. The molecule has 2 aliphatic heterocycles. The van der Waals surface area contributed by atoms with Gasteiger partial charge in [-0.1, -0.05) is 12.1 Å². The summed E-state index contributed by atoms with van der Waals surface area (Å²) in [4.78, 5) is 0. The monoisotopic (exact) mass is 257 g/mol. The molecule has 0 unspecified atom stereocenters. The van der Waals surface area contributed by atoms with E-state index in [-0.39, 0.29) is 11.1 Å². The molecule has 18 heavy (non-hydrogen) atoms. The van der Waals surface area contributed by atoms with E-state index in [1.807, 2.05) is 6.07 Å². The highest BCUT2D eigenvalue weighted by Crippen LogP contribution is 2.48. The summed E-state index contributed by atoms with van der Waals surface area (Å²) in [6.45, 7) is 1.83. The van der Waals surface area contributed by atoms with Gasteiger partial charge in [0.1, 0.15) is 0 Å². The molecule has 5 heteroatoms. The van der Waals surface area contributed by atoms with Crippen molar-refractivity contribution in [3.63, 3.8) is 0 Å². The van der Waals surface area contributed by atoms with E-state index in [4.69, 9.17) is 4.74 Å². The number of nitrogens with one attached hydrogen (secondary N) is 1. The Bertz CT molecular complexity index is 464. The van der Waals surface area contributed by atoms with Crippen LogP contribution in [0.3, 0.4) is 0 Å². The molecule has 0 saturated carbocycles. The lowest BCUT2D eigenvalue weighted by Gasteiger charge is -2.33. The van der Waals surface area contributed by atoms with E-state index in [2.05, 4.69) is 5.32 Å². The Hall–Kier alpha value is -1.23. The van der Waals surface area contributed by atoms with Crippen LogP contribution in [0.2, 0.25) is 0 Å². The lowest BCUT2D eigenvalue weighted by atomic mass is 9.75. The minimum absolute atomic E-state index is 0.172. The lowest BCUT2D eigenvalue weighted by molar-refractivity contribution is -0.136. The molecule has 2 nitrogen and oxygen atoms in total. The van der Waals surface area contributed by atoms with Gasteiger partial charge in [0.25, 0.3) is 0 Å². The molecule has 1 saturated heterocycles. The molecule has 1 fully saturated rings. The van der Waals surface area contributed by atoms with Gasteiger partial charge in [0, 0.05) is 25.2 Å². The normalized spacial score (nSPS) is 21.7. The molecule has 0 aliphatic carbocycles. The average Bonchev–Trinajstić information content (AvgIpc) is 2.68. The lowest BCUT2D eigenvalue weighted by Crippen LogP contribution is -2.35. The van der Waals surface area contributed by atoms with Gasteiger partial charge in [-0.3, -0.25) is 0 Å². The first-order chi connectivity index (χ1) is 8.53. The Morgan fingerprint density at radius 1 is 1.17 bits per heavy atom. The molecule has 1 aromatic rings. The van der Waals surface area contributed by atoms with Gasteiger partial charge < -0.3 is 10.1 Å². The number of anilines is 1. The maximum atomic E-state index is 12.9. The van der Waals surface area contributed by atoms with Crippen molar-refractivity contribution in [2.75, 3.05) is 25.1 Å². The summed E-state index contributed by atoms with van der Waals surface area (Å²) >= 11 is 0. The molecule has 2 heterocycles. The minimum atomic E-state index is -4.30. The van der Waals surface area contributed by atoms with Crippen LogP contribution in [0.4, 0.5) is 18.9 Å². The van der Waals surface area contributed by atoms with Gasteiger partial charge in [-0.25, -0.2) is 0 Å². The Labute approximate surface area is 103 Å². The van der Waals surface area contributed by atoms with Crippen LogP contribution in [-0.4, -0.2) is 19.8 Å². The fourth-order valence-electron chi connectivity index (χ4n) is 2.98. The molecule has 2 aliphatic rings. The number of benzene rings is 1. The summed E-state index contributed by atoms with van der Waals surface area (Å²) in [7, 11) is 0. The summed E-state index contributed by atoms with van der Waals surface area (Å²) in [5.74, 6) is 0. The smallest absolute Gasteiger partial charge is 0.383 e. The molecule has 0 atom stereocenters. The van der Waals surface area contributed by atoms with E-state index in [0.29, 0.717) is 19.8 Å². The highest BCUT2D eigenvalue weighted by molar-refractivity contribution is 5.66. The second-order valence-corrected chi connectivity index (χ2v) is 4.97.